The zero-order valence-corrected chi connectivity index (χ0v) is 11.3. The maximum Gasteiger partial charge on any atom is 0.138 e. The number of halogens is 2. The molecule has 0 unspecified atom stereocenters. The lowest BCUT2D eigenvalue weighted by molar-refractivity contribution is 0.582. The van der Waals surface area contributed by atoms with Crippen LogP contribution in [0.1, 0.15) is 17.0 Å². The second-order valence-corrected chi connectivity index (χ2v) is 4.40. The maximum atomic E-state index is 14.2. The summed E-state index contributed by atoms with van der Waals surface area (Å²) < 4.78 is 28.1. The highest BCUT2D eigenvalue weighted by atomic mass is 19.1. The molecule has 0 aliphatic rings. The number of nitrogens with one attached hydrogen (secondary N) is 1. The molecule has 0 amide bonds. The number of benzene rings is 1. The monoisotopic (exact) mass is 263 g/mol. The molecule has 0 fully saturated rings. The first-order valence-electron chi connectivity index (χ1n) is 5.93. The van der Waals surface area contributed by atoms with Gasteiger partial charge < -0.3 is 5.32 Å². The topological polar surface area (TPSA) is 37.8 Å². The van der Waals surface area contributed by atoms with Gasteiger partial charge in [-0.3, -0.25) is 0 Å². The molecule has 1 N–H and O–H groups in total. The summed E-state index contributed by atoms with van der Waals surface area (Å²) in [5.41, 5.74) is 1.20. The first kappa shape index (κ1) is 13.4. The third-order valence-corrected chi connectivity index (χ3v) is 3.02. The average Bonchev–Trinajstić information content (AvgIpc) is 2.38. The molecule has 0 aliphatic heterocycles. The van der Waals surface area contributed by atoms with Crippen molar-refractivity contribution in [2.24, 2.45) is 0 Å². The second kappa shape index (κ2) is 4.91. The molecule has 0 saturated carbocycles. The second-order valence-electron chi connectivity index (χ2n) is 4.40. The van der Waals surface area contributed by atoms with Crippen LogP contribution in [0.15, 0.2) is 12.1 Å². The number of nitrogens with zero attached hydrogens (tertiary/aromatic N) is 2. The summed E-state index contributed by atoms with van der Waals surface area (Å²) in [6.45, 7) is 5.03. The normalized spacial score (nSPS) is 10.6. The van der Waals surface area contributed by atoms with Crippen LogP contribution >= 0.6 is 0 Å². The van der Waals surface area contributed by atoms with Gasteiger partial charge in [0.15, 0.2) is 0 Å². The lowest BCUT2D eigenvalue weighted by Gasteiger charge is -2.13. The van der Waals surface area contributed by atoms with E-state index in [0.29, 0.717) is 22.8 Å². The minimum absolute atomic E-state index is 0.0977. The van der Waals surface area contributed by atoms with Crippen molar-refractivity contribution in [3.63, 3.8) is 0 Å². The largest absolute Gasteiger partial charge is 0.373 e. The molecular weight excluding hydrogens is 248 g/mol. The van der Waals surface area contributed by atoms with Gasteiger partial charge in [0.25, 0.3) is 0 Å². The molecule has 2 rings (SSSR count). The Morgan fingerprint density at radius 3 is 2.37 bits per heavy atom. The molecule has 0 radical (unpaired) electrons. The smallest absolute Gasteiger partial charge is 0.138 e. The molecule has 0 bridgehead atoms. The van der Waals surface area contributed by atoms with Crippen LogP contribution in [0.2, 0.25) is 0 Å². The zero-order valence-electron chi connectivity index (χ0n) is 11.3. The Morgan fingerprint density at radius 2 is 1.74 bits per heavy atom. The third-order valence-electron chi connectivity index (χ3n) is 3.02. The highest BCUT2D eigenvalue weighted by Crippen LogP contribution is 2.31. The summed E-state index contributed by atoms with van der Waals surface area (Å²) in [5.74, 6) is -0.164. The standard InChI is InChI=1S/C14H15F2N3/c1-7-5-6-10(15)11(12(7)16)13-8(2)14(17-4)19-9(3)18-13/h5-6H,1-4H3,(H,17,18,19). The van der Waals surface area contributed by atoms with E-state index in [4.69, 9.17) is 0 Å². The van der Waals surface area contributed by atoms with Crippen molar-refractivity contribution in [2.75, 3.05) is 12.4 Å². The molecule has 5 heteroatoms. The van der Waals surface area contributed by atoms with Gasteiger partial charge in [0, 0.05) is 12.6 Å². The predicted octanol–water partition coefficient (Wildman–Crippen LogP) is 3.39. The number of hydrogen-bond donors (Lipinski definition) is 1. The molecular formula is C14H15F2N3. The Balaban J connectivity index is 2.79. The maximum absolute atomic E-state index is 14.2. The minimum Gasteiger partial charge on any atom is -0.373 e. The first-order valence-corrected chi connectivity index (χ1v) is 5.93. The number of rotatable bonds is 2. The van der Waals surface area contributed by atoms with E-state index in [1.54, 1.807) is 27.8 Å². The quantitative estimate of drug-likeness (QED) is 0.902. The Morgan fingerprint density at radius 1 is 1.05 bits per heavy atom. The fourth-order valence-electron chi connectivity index (χ4n) is 1.99. The van der Waals surface area contributed by atoms with Gasteiger partial charge in [-0.05, 0) is 32.4 Å². The molecule has 2 aromatic rings. The van der Waals surface area contributed by atoms with Crippen LogP contribution in [0.4, 0.5) is 14.6 Å². The molecule has 0 aliphatic carbocycles. The molecule has 3 nitrogen and oxygen atoms in total. The van der Waals surface area contributed by atoms with Gasteiger partial charge >= 0.3 is 0 Å². The van der Waals surface area contributed by atoms with Gasteiger partial charge in [0.05, 0.1) is 11.3 Å². The van der Waals surface area contributed by atoms with Crippen molar-refractivity contribution in [2.45, 2.75) is 20.8 Å². The van der Waals surface area contributed by atoms with Crippen LogP contribution in [0.5, 0.6) is 0 Å². The number of hydrogen-bond acceptors (Lipinski definition) is 3. The van der Waals surface area contributed by atoms with Gasteiger partial charge in [-0.1, -0.05) is 6.07 Å². The summed E-state index contributed by atoms with van der Waals surface area (Å²) in [4.78, 5) is 8.38. The molecule has 1 heterocycles. The van der Waals surface area contributed by atoms with Crippen LogP contribution < -0.4 is 5.32 Å². The van der Waals surface area contributed by atoms with E-state index < -0.39 is 11.6 Å². The van der Waals surface area contributed by atoms with Gasteiger partial charge in [-0.15, -0.1) is 0 Å². The highest BCUT2D eigenvalue weighted by Gasteiger charge is 2.19. The lowest BCUT2D eigenvalue weighted by atomic mass is 10.0. The SMILES string of the molecule is CNc1nc(C)nc(-c2c(F)ccc(C)c2F)c1C. The van der Waals surface area contributed by atoms with Crippen LogP contribution in [0.3, 0.4) is 0 Å². The zero-order chi connectivity index (χ0) is 14.2. The molecule has 1 aromatic carbocycles. The lowest BCUT2D eigenvalue weighted by Crippen LogP contribution is -2.05. The van der Waals surface area contributed by atoms with Crippen LogP contribution in [0.25, 0.3) is 11.3 Å². The van der Waals surface area contributed by atoms with E-state index in [-0.39, 0.29) is 11.3 Å². The van der Waals surface area contributed by atoms with Crippen LogP contribution in [0, 0.1) is 32.4 Å². The van der Waals surface area contributed by atoms with E-state index in [1.165, 1.54) is 12.1 Å². The Bertz CT molecular complexity index is 639. The average molecular weight is 263 g/mol. The van der Waals surface area contributed by atoms with E-state index in [1.807, 2.05) is 0 Å². The van der Waals surface area contributed by atoms with Crippen molar-refractivity contribution in [1.29, 1.82) is 0 Å². The van der Waals surface area contributed by atoms with Gasteiger partial charge in [0.1, 0.15) is 23.3 Å². The molecule has 100 valence electrons. The number of aryl methyl sites for hydroxylation is 2. The summed E-state index contributed by atoms with van der Waals surface area (Å²) in [7, 11) is 1.71. The summed E-state index contributed by atoms with van der Waals surface area (Å²) in [5, 5.41) is 2.90. The predicted molar refractivity (Wildman–Crippen MR) is 71.1 cm³/mol. The van der Waals surface area contributed by atoms with Gasteiger partial charge in [0.2, 0.25) is 0 Å². The van der Waals surface area contributed by atoms with Crippen molar-refractivity contribution < 1.29 is 8.78 Å². The van der Waals surface area contributed by atoms with Crippen LogP contribution in [-0.2, 0) is 0 Å². The fourth-order valence-corrected chi connectivity index (χ4v) is 1.99. The summed E-state index contributed by atoms with van der Waals surface area (Å²) in [6.07, 6.45) is 0. The fraction of sp³-hybridized carbons (Fsp3) is 0.286. The highest BCUT2D eigenvalue weighted by molar-refractivity contribution is 5.69. The summed E-state index contributed by atoms with van der Waals surface area (Å²) >= 11 is 0. The number of anilines is 1. The van der Waals surface area contributed by atoms with Gasteiger partial charge in [-0.25, -0.2) is 18.7 Å². The molecule has 0 spiro atoms. The molecule has 1 aromatic heterocycles. The minimum atomic E-state index is -0.619. The third kappa shape index (κ3) is 2.28. The van der Waals surface area contributed by atoms with Crippen molar-refractivity contribution in [3.05, 3.63) is 40.7 Å². The molecule has 19 heavy (non-hydrogen) atoms. The summed E-state index contributed by atoms with van der Waals surface area (Å²) in [6, 6.07) is 2.67. The van der Waals surface area contributed by atoms with Crippen molar-refractivity contribution in [3.8, 4) is 11.3 Å². The first-order chi connectivity index (χ1) is 8.95. The van der Waals surface area contributed by atoms with Crippen molar-refractivity contribution in [1.82, 2.24) is 9.97 Å². The molecule has 0 saturated heterocycles. The molecule has 0 atom stereocenters. The van der Waals surface area contributed by atoms with Crippen LogP contribution in [-0.4, -0.2) is 17.0 Å². The Hall–Kier alpha value is -2.04. The van der Waals surface area contributed by atoms with Crippen molar-refractivity contribution >= 4 is 5.82 Å². The Kier molecular flexibility index (Phi) is 3.46. The van der Waals surface area contributed by atoms with Gasteiger partial charge in [-0.2, -0.15) is 0 Å². The van der Waals surface area contributed by atoms with E-state index in [9.17, 15) is 8.78 Å². The van der Waals surface area contributed by atoms with E-state index in [2.05, 4.69) is 15.3 Å². The van der Waals surface area contributed by atoms with E-state index in [0.717, 1.165) is 0 Å². The Labute approximate surface area is 110 Å². The van der Waals surface area contributed by atoms with E-state index >= 15 is 0 Å². The number of aromatic nitrogens is 2.